The fraction of sp³-hybridized carbons (Fsp3) is 0.933. The zero-order valence-corrected chi connectivity index (χ0v) is 12.8. The Kier molecular flexibility index (Phi) is 4.50. The van der Waals surface area contributed by atoms with Crippen LogP contribution in [0.1, 0.15) is 40.0 Å². The van der Waals surface area contributed by atoms with E-state index in [1.165, 1.54) is 0 Å². The first-order valence-electron chi connectivity index (χ1n) is 7.59. The summed E-state index contributed by atoms with van der Waals surface area (Å²) in [4.78, 5) is 5.03. The van der Waals surface area contributed by atoms with Gasteiger partial charge in [0, 0.05) is 37.8 Å². The molecule has 0 aromatic heterocycles. The molecule has 0 bridgehead atoms. The highest BCUT2D eigenvalue weighted by atomic mass is 15.3. The molecule has 2 aliphatic rings. The van der Waals surface area contributed by atoms with Crippen LogP contribution in [0.15, 0.2) is 0 Å². The van der Waals surface area contributed by atoms with Gasteiger partial charge in [-0.3, -0.25) is 10.2 Å². The second-order valence-corrected chi connectivity index (χ2v) is 6.74. The second-order valence-electron chi connectivity index (χ2n) is 6.74. The quantitative estimate of drug-likeness (QED) is 0.837. The predicted molar refractivity (Wildman–Crippen MR) is 77.9 cm³/mol. The summed E-state index contributed by atoms with van der Waals surface area (Å²) in [6, 6.07) is 4.12. The van der Waals surface area contributed by atoms with E-state index in [9.17, 15) is 5.26 Å². The number of nitrogens with one attached hydrogen (secondary N) is 1. The lowest BCUT2D eigenvalue weighted by Gasteiger charge is -2.42. The van der Waals surface area contributed by atoms with Gasteiger partial charge in [0.05, 0.1) is 6.07 Å². The summed E-state index contributed by atoms with van der Waals surface area (Å²) >= 11 is 0. The van der Waals surface area contributed by atoms with Crippen molar-refractivity contribution in [2.24, 2.45) is 0 Å². The molecule has 3 atom stereocenters. The van der Waals surface area contributed by atoms with Gasteiger partial charge in [-0.1, -0.05) is 0 Å². The average Bonchev–Trinajstić information content (AvgIpc) is 2.73. The molecule has 1 aliphatic carbocycles. The zero-order valence-electron chi connectivity index (χ0n) is 12.8. The Morgan fingerprint density at radius 2 is 2.11 bits per heavy atom. The molecule has 1 N–H and O–H groups in total. The summed E-state index contributed by atoms with van der Waals surface area (Å²) < 4.78 is 0. The molecule has 1 saturated carbocycles. The van der Waals surface area contributed by atoms with Crippen LogP contribution in [0.5, 0.6) is 0 Å². The fourth-order valence-electron chi connectivity index (χ4n) is 3.82. The minimum Gasteiger partial charge on any atom is -0.304 e. The molecule has 108 valence electrons. The van der Waals surface area contributed by atoms with Gasteiger partial charge in [-0.2, -0.15) is 5.26 Å². The molecule has 0 spiro atoms. The molecular formula is C15H28N4. The van der Waals surface area contributed by atoms with Crippen molar-refractivity contribution in [1.29, 1.82) is 5.26 Å². The smallest absolute Gasteiger partial charge is 0.108 e. The van der Waals surface area contributed by atoms with Gasteiger partial charge in [0.25, 0.3) is 0 Å². The zero-order chi connectivity index (χ0) is 14.0. The molecule has 0 radical (unpaired) electrons. The van der Waals surface area contributed by atoms with Gasteiger partial charge in [-0.05, 0) is 47.1 Å². The summed E-state index contributed by atoms with van der Waals surface area (Å²) in [6.07, 6.45) is 3.13. The van der Waals surface area contributed by atoms with Crippen LogP contribution < -0.4 is 5.32 Å². The Balaban J connectivity index is 1.99. The van der Waals surface area contributed by atoms with Crippen LogP contribution in [0, 0.1) is 11.3 Å². The van der Waals surface area contributed by atoms with E-state index in [2.05, 4.69) is 49.0 Å². The van der Waals surface area contributed by atoms with Crippen LogP contribution in [-0.2, 0) is 0 Å². The van der Waals surface area contributed by atoms with Gasteiger partial charge in [0.2, 0.25) is 0 Å². The molecular weight excluding hydrogens is 236 g/mol. The highest BCUT2D eigenvalue weighted by molar-refractivity contribution is 5.14. The van der Waals surface area contributed by atoms with Crippen LogP contribution in [0.3, 0.4) is 0 Å². The van der Waals surface area contributed by atoms with Gasteiger partial charge in [0.15, 0.2) is 0 Å². The van der Waals surface area contributed by atoms with Crippen molar-refractivity contribution in [3.63, 3.8) is 0 Å². The number of likely N-dealkylation sites (N-methyl/N-ethyl adjacent to an activating group) is 1. The first-order chi connectivity index (χ1) is 8.96. The van der Waals surface area contributed by atoms with E-state index in [1.54, 1.807) is 0 Å². The van der Waals surface area contributed by atoms with Gasteiger partial charge < -0.3 is 4.90 Å². The molecule has 4 heteroatoms. The van der Waals surface area contributed by atoms with Crippen LogP contribution in [0.4, 0.5) is 0 Å². The normalized spacial score (nSPS) is 37.7. The topological polar surface area (TPSA) is 42.3 Å². The Bertz CT molecular complexity index is 349. The Morgan fingerprint density at radius 3 is 2.68 bits per heavy atom. The van der Waals surface area contributed by atoms with E-state index in [0.29, 0.717) is 18.1 Å². The highest BCUT2D eigenvalue weighted by Crippen LogP contribution is 2.34. The maximum atomic E-state index is 9.55. The minimum atomic E-state index is -0.290. The van der Waals surface area contributed by atoms with Crippen LogP contribution in [0.2, 0.25) is 0 Å². The molecule has 0 amide bonds. The highest BCUT2D eigenvalue weighted by Gasteiger charge is 2.43. The fourth-order valence-corrected chi connectivity index (χ4v) is 3.82. The lowest BCUT2D eigenvalue weighted by molar-refractivity contribution is 0.0611. The summed E-state index contributed by atoms with van der Waals surface area (Å²) in [5.41, 5.74) is -0.290. The number of nitrogens with zero attached hydrogens (tertiary/aromatic N) is 3. The van der Waals surface area contributed by atoms with Crippen LogP contribution in [-0.4, -0.2) is 60.1 Å². The van der Waals surface area contributed by atoms with Crippen LogP contribution in [0.25, 0.3) is 0 Å². The lowest BCUT2D eigenvalue weighted by Crippen LogP contribution is -2.55. The SMILES string of the molecule is CC(C)NC1(C#N)CCC(N2CCN(C)CC2C)C1. The summed E-state index contributed by atoms with van der Waals surface area (Å²) in [5.74, 6) is 0. The van der Waals surface area contributed by atoms with Crippen molar-refractivity contribution in [2.45, 2.75) is 63.7 Å². The Labute approximate surface area is 117 Å². The number of rotatable bonds is 3. The lowest BCUT2D eigenvalue weighted by atomic mass is 9.97. The molecule has 3 unspecified atom stereocenters. The first kappa shape index (κ1) is 14.8. The molecule has 19 heavy (non-hydrogen) atoms. The molecule has 4 nitrogen and oxygen atoms in total. The van der Waals surface area contributed by atoms with E-state index in [0.717, 1.165) is 38.9 Å². The average molecular weight is 264 g/mol. The van der Waals surface area contributed by atoms with Gasteiger partial charge >= 0.3 is 0 Å². The van der Waals surface area contributed by atoms with E-state index < -0.39 is 0 Å². The van der Waals surface area contributed by atoms with E-state index >= 15 is 0 Å². The van der Waals surface area contributed by atoms with Gasteiger partial charge in [0.1, 0.15) is 5.54 Å². The maximum Gasteiger partial charge on any atom is 0.108 e. The molecule has 0 aromatic carbocycles. The minimum absolute atomic E-state index is 0.290. The van der Waals surface area contributed by atoms with Gasteiger partial charge in [-0.25, -0.2) is 0 Å². The second kappa shape index (κ2) is 5.78. The molecule has 0 aromatic rings. The molecule has 1 heterocycles. The van der Waals surface area contributed by atoms with E-state index in [4.69, 9.17) is 0 Å². The first-order valence-corrected chi connectivity index (χ1v) is 7.59. The van der Waals surface area contributed by atoms with Crippen LogP contribution >= 0.6 is 0 Å². The van der Waals surface area contributed by atoms with E-state index in [-0.39, 0.29) is 5.54 Å². The van der Waals surface area contributed by atoms with E-state index in [1.807, 2.05) is 0 Å². The Hall–Kier alpha value is -0.630. The monoisotopic (exact) mass is 264 g/mol. The number of nitriles is 1. The Morgan fingerprint density at radius 1 is 1.37 bits per heavy atom. The van der Waals surface area contributed by atoms with Gasteiger partial charge in [-0.15, -0.1) is 0 Å². The maximum absolute atomic E-state index is 9.55. The third-order valence-corrected chi connectivity index (χ3v) is 4.62. The number of hydrogen-bond donors (Lipinski definition) is 1. The summed E-state index contributed by atoms with van der Waals surface area (Å²) in [6.45, 7) is 10.0. The molecule has 1 aliphatic heterocycles. The van der Waals surface area contributed by atoms with Crippen molar-refractivity contribution >= 4 is 0 Å². The standard InChI is InChI=1S/C15H28N4/c1-12(2)17-15(11-16)6-5-14(9-15)19-8-7-18(4)10-13(19)3/h12-14,17H,5-10H2,1-4H3. The van der Waals surface area contributed by atoms with Crippen molar-refractivity contribution in [3.8, 4) is 6.07 Å². The van der Waals surface area contributed by atoms with Crippen molar-refractivity contribution < 1.29 is 0 Å². The molecule has 1 saturated heterocycles. The predicted octanol–water partition coefficient (Wildman–Crippen LogP) is 1.44. The van der Waals surface area contributed by atoms with Crippen molar-refractivity contribution in [1.82, 2.24) is 15.1 Å². The number of hydrogen-bond acceptors (Lipinski definition) is 4. The molecule has 2 fully saturated rings. The third-order valence-electron chi connectivity index (χ3n) is 4.62. The summed E-state index contributed by atoms with van der Waals surface area (Å²) in [5, 5.41) is 13.0. The molecule has 2 rings (SSSR count). The largest absolute Gasteiger partial charge is 0.304 e. The third kappa shape index (κ3) is 3.28. The summed E-state index contributed by atoms with van der Waals surface area (Å²) in [7, 11) is 2.20. The van der Waals surface area contributed by atoms with Crippen molar-refractivity contribution in [3.05, 3.63) is 0 Å². The van der Waals surface area contributed by atoms with Crippen molar-refractivity contribution in [2.75, 3.05) is 26.7 Å². The number of piperazine rings is 1.